The number of halogens is 2. The van der Waals surface area contributed by atoms with Crippen molar-refractivity contribution in [1.82, 2.24) is 0 Å². The van der Waals surface area contributed by atoms with Gasteiger partial charge in [0.1, 0.15) is 0 Å². The maximum absolute atomic E-state index is 13.6. The second-order valence-electron chi connectivity index (χ2n) is 4.56. The largest absolute Gasteiger partial charge is 0.490 e. The summed E-state index contributed by atoms with van der Waals surface area (Å²) in [6.45, 7) is 0.518. The molecule has 0 N–H and O–H groups in total. The Morgan fingerprint density at radius 1 is 1.39 bits per heavy atom. The summed E-state index contributed by atoms with van der Waals surface area (Å²) in [6, 6.07) is 4.11. The van der Waals surface area contributed by atoms with Crippen LogP contribution in [0.4, 0.5) is 4.39 Å². The minimum atomic E-state index is -3.66. The zero-order valence-corrected chi connectivity index (χ0v) is 11.3. The van der Waals surface area contributed by atoms with E-state index >= 15 is 0 Å². The average Bonchev–Trinajstić information content (AvgIpc) is 2.16. The summed E-state index contributed by atoms with van der Waals surface area (Å²) >= 11 is 0. The summed E-state index contributed by atoms with van der Waals surface area (Å²) in [5.41, 5.74) is 0.318. The third-order valence-electron chi connectivity index (χ3n) is 3.03. The van der Waals surface area contributed by atoms with Gasteiger partial charge in [-0.3, -0.25) is 0 Å². The minimum absolute atomic E-state index is 0.164. The highest BCUT2D eigenvalue weighted by Gasteiger charge is 2.19. The number of hydrogen-bond acceptors (Lipinski definition) is 3. The summed E-state index contributed by atoms with van der Waals surface area (Å²) in [7, 11) is 1.44. The smallest absolute Gasteiger partial charge is 0.236 e. The molecular formula is C12H14ClFO3S. The molecule has 1 fully saturated rings. The molecule has 0 radical (unpaired) electrons. The molecule has 0 saturated heterocycles. The van der Waals surface area contributed by atoms with Crippen molar-refractivity contribution in [3.8, 4) is 5.75 Å². The Balaban J connectivity index is 2.00. The normalized spacial score (nSPS) is 16.3. The van der Waals surface area contributed by atoms with E-state index in [4.69, 9.17) is 15.4 Å². The first-order valence-corrected chi connectivity index (χ1v) is 8.25. The second-order valence-corrected chi connectivity index (χ2v) is 7.33. The quantitative estimate of drug-likeness (QED) is 0.783. The van der Waals surface area contributed by atoms with Gasteiger partial charge in [0, 0.05) is 10.7 Å². The lowest BCUT2D eigenvalue weighted by Gasteiger charge is -2.25. The molecule has 0 unspecified atom stereocenters. The van der Waals surface area contributed by atoms with Crippen molar-refractivity contribution < 1.29 is 17.5 Å². The highest BCUT2D eigenvalue weighted by Crippen LogP contribution is 2.28. The number of ether oxygens (including phenoxy) is 1. The molecule has 1 aromatic carbocycles. The molecule has 0 spiro atoms. The first-order valence-electron chi connectivity index (χ1n) is 5.77. The van der Waals surface area contributed by atoms with Gasteiger partial charge in [0.05, 0.1) is 12.4 Å². The van der Waals surface area contributed by atoms with Crippen molar-refractivity contribution in [2.75, 3.05) is 6.61 Å². The first kappa shape index (κ1) is 13.6. The SMILES string of the molecule is O=S(=O)(Cl)Cc1ccc(OCC2CCC2)c(F)c1. The van der Waals surface area contributed by atoms with E-state index in [1.54, 1.807) is 0 Å². The zero-order valence-electron chi connectivity index (χ0n) is 9.73. The van der Waals surface area contributed by atoms with E-state index in [0.29, 0.717) is 18.1 Å². The Hall–Kier alpha value is -0.810. The van der Waals surface area contributed by atoms with Crippen molar-refractivity contribution in [3.05, 3.63) is 29.6 Å². The molecule has 6 heteroatoms. The van der Waals surface area contributed by atoms with E-state index in [1.165, 1.54) is 18.6 Å². The predicted octanol–water partition coefficient (Wildman–Crippen LogP) is 3.07. The van der Waals surface area contributed by atoms with Gasteiger partial charge in [0.2, 0.25) is 9.05 Å². The van der Waals surface area contributed by atoms with Crippen LogP contribution in [0.15, 0.2) is 18.2 Å². The van der Waals surface area contributed by atoms with E-state index in [1.807, 2.05) is 0 Å². The molecule has 1 aromatic rings. The topological polar surface area (TPSA) is 43.4 Å². The van der Waals surface area contributed by atoms with Gasteiger partial charge < -0.3 is 4.74 Å². The van der Waals surface area contributed by atoms with Gasteiger partial charge >= 0.3 is 0 Å². The van der Waals surface area contributed by atoms with Gasteiger partial charge in [0.25, 0.3) is 0 Å². The van der Waals surface area contributed by atoms with Crippen LogP contribution in [0.1, 0.15) is 24.8 Å². The van der Waals surface area contributed by atoms with E-state index < -0.39 is 14.9 Å². The molecule has 100 valence electrons. The predicted molar refractivity (Wildman–Crippen MR) is 67.7 cm³/mol. The fraction of sp³-hybridized carbons (Fsp3) is 0.500. The highest BCUT2D eigenvalue weighted by atomic mass is 35.7. The van der Waals surface area contributed by atoms with Crippen LogP contribution in [0.3, 0.4) is 0 Å². The van der Waals surface area contributed by atoms with Crippen LogP contribution in [0.2, 0.25) is 0 Å². The molecule has 1 aliphatic rings. The highest BCUT2D eigenvalue weighted by molar-refractivity contribution is 8.13. The Labute approximate surface area is 110 Å². The maximum atomic E-state index is 13.6. The van der Waals surface area contributed by atoms with Gasteiger partial charge in [-0.15, -0.1) is 0 Å². The summed E-state index contributed by atoms with van der Waals surface area (Å²) < 4.78 is 40.7. The molecule has 0 aromatic heterocycles. The molecule has 1 aliphatic carbocycles. The van der Waals surface area contributed by atoms with Crippen molar-refractivity contribution in [3.63, 3.8) is 0 Å². The lowest BCUT2D eigenvalue weighted by molar-refractivity contribution is 0.175. The van der Waals surface area contributed by atoms with Crippen molar-refractivity contribution in [2.45, 2.75) is 25.0 Å². The molecule has 1 saturated carbocycles. The van der Waals surface area contributed by atoms with Gasteiger partial charge in [-0.25, -0.2) is 12.8 Å². The number of rotatable bonds is 5. The summed E-state index contributed by atoms with van der Waals surface area (Å²) in [4.78, 5) is 0. The van der Waals surface area contributed by atoms with E-state index in [-0.39, 0.29) is 11.5 Å². The van der Waals surface area contributed by atoms with Gasteiger partial charge in [-0.2, -0.15) is 0 Å². The Bertz CT molecular complexity index is 526. The van der Waals surface area contributed by atoms with Crippen LogP contribution < -0.4 is 4.74 Å². The van der Waals surface area contributed by atoms with Crippen LogP contribution in [0, 0.1) is 11.7 Å². The Kier molecular flexibility index (Phi) is 4.12. The van der Waals surface area contributed by atoms with Crippen LogP contribution in [0.25, 0.3) is 0 Å². The van der Waals surface area contributed by atoms with Crippen molar-refractivity contribution >= 4 is 19.7 Å². The minimum Gasteiger partial charge on any atom is -0.490 e. The van der Waals surface area contributed by atoms with Crippen molar-refractivity contribution in [1.29, 1.82) is 0 Å². The number of hydrogen-bond donors (Lipinski definition) is 0. The molecule has 0 bridgehead atoms. The Morgan fingerprint density at radius 2 is 2.11 bits per heavy atom. The third kappa shape index (κ3) is 3.85. The third-order valence-corrected chi connectivity index (χ3v) is 4.04. The van der Waals surface area contributed by atoms with Gasteiger partial charge in [-0.1, -0.05) is 12.5 Å². The van der Waals surface area contributed by atoms with E-state index in [9.17, 15) is 12.8 Å². The van der Waals surface area contributed by atoms with E-state index in [0.717, 1.165) is 18.9 Å². The summed E-state index contributed by atoms with van der Waals surface area (Å²) in [5, 5.41) is 0. The van der Waals surface area contributed by atoms with Crippen LogP contribution >= 0.6 is 10.7 Å². The van der Waals surface area contributed by atoms with Crippen molar-refractivity contribution in [2.24, 2.45) is 5.92 Å². The monoisotopic (exact) mass is 292 g/mol. The van der Waals surface area contributed by atoms with Crippen LogP contribution in [0.5, 0.6) is 5.75 Å². The first-order chi connectivity index (χ1) is 8.44. The van der Waals surface area contributed by atoms with Gasteiger partial charge in [-0.05, 0) is 36.5 Å². The molecule has 0 amide bonds. The maximum Gasteiger partial charge on any atom is 0.236 e. The average molecular weight is 293 g/mol. The lowest BCUT2D eigenvalue weighted by Crippen LogP contribution is -2.19. The molecule has 0 aliphatic heterocycles. The summed E-state index contributed by atoms with van der Waals surface area (Å²) in [5.74, 6) is -0.244. The Morgan fingerprint density at radius 3 is 2.61 bits per heavy atom. The standard InChI is InChI=1S/C12H14ClFO3S/c13-18(15,16)8-10-4-5-12(11(14)6-10)17-7-9-2-1-3-9/h4-6,9H,1-3,7-8H2. The molecule has 0 atom stereocenters. The molecular weight excluding hydrogens is 279 g/mol. The molecule has 18 heavy (non-hydrogen) atoms. The molecule has 0 heterocycles. The summed E-state index contributed by atoms with van der Waals surface area (Å²) in [6.07, 6.45) is 3.47. The fourth-order valence-electron chi connectivity index (χ4n) is 1.82. The fourth-order valence-corrected chi connectivity index (χ4v) is 2.77. The van der Waals surface area contributed by atoms with Gasteiger partial charge in [0.15, 0.2) is 11.6 Å². The van der Waals surface area contributed by atoms with Crippen LogP contribution in [-0.4, -0.2) is 15.0 Å². The molecule has 2 rings (SSSR count). The number of benzene rings is 1. The van der Waals surface area contributed by atoms with E-state index in [2.05, 4.69) is 0 Å². The van der Waals surface area contributed by atoms with Crippen LogP contribution in [-0.2, 0) is 14.8 Å². The second kappa shape index (κ2) is 5.45. The molecule has 3 nitrogen and oxygen atoms in total. The lowest BCUT2D eigenvalue weighted by atomic mass is 9.86. The zero-order chi connectivity index (χ0) is 13.2.